The number of aryl methyl sites for hydroxylation is 1. The summed E-state index contributed by atoms with van der Waals surface area (Å²) in [5.74, 6) is 0.988. The maximum absolute atomic E-state index is 4.27. The fraction of sp³-hybridized carbons (Fsp3) is 0.333. The third-order valence-corrected chi connectivity index (χ3v) is 3.08. The van der Waals surface area contributed by atoms with Gasteiger partial charge in [-0.15, -0.1) is 0 Å². The number of rotatable bonds is 2. The molecule has 0 atom stereocenters. The second-order valence-electron chi connectivity index (χ2n) is 4.17. The van der Waals surface area contributed by atoms with Gasteiger partial charge in [-0.2, -0.15) is 5.10 Å². The Labute approximate surface area is 100 Å². The smallest absolute Gasteiger partial charge is 0.146 e. The summed E-state index contributed by atoms with van der Waals surface area (Å²) >= 11 is 0. The molecule has 5 heteroatoms. The van der Waals surface area contributed by atoms with Gasteiger partial charge in [-0.25, -0.2) is 4.98 Å². The van der Waals surface area contributed by atoms with E-state index in [0.717, 1.165) is 25.5 Å². The molecule has 17 heavy (non-hydrogen) atoms. The summed E-state index contributed by atoms with van der Waals surface area (Å²) in [5, 5.41) is 7.50. The van der Waals surface area contributed by atoms with E-state index in [2.05, 4.69) is 44.6 Å². The van der Waals surface area contributed by atoms with E-state index >= 15 is 0 Å². The molecule has 5 nitrogen and oxygen atoms in total. The van der Waals surface area contributed by atoms with E-state index in [1.165, 1.54) is 11.4 Å². The molecule has 1 aromatic heterocycles. The minimum Gasteiger partial charge on any atom is -0.382 e. The van der Waals surface area contributed by atoms with Gasteiger partial charge in [-0.05, 0) is 12.1 Å². The van der Waals surface area contributed by atoms with Crippen LogP contribution in [-0.4, -0.2) is 27.9 Å². The number of benzene rings is 1. The molecule has 0 aliphatic carbocycles. The predicted molar refractivity (Wildman–Crippen MR) is 67.0 cm³/mol. The molecule has 0 saturated heterocycles. The Bertz CT molecular complexity index is 519. The molecule has 1 aromatic carbocycles. The Hall–Kier alpha value is -2.04. The van der Waals surface area contributed by atoms with Crippen molar-refractivity contribution in [2.45, 2.75) is 6.54 Å². The van der Waals surface area contributed by atoms with Gasteiger partial charge in [0.05, 0.1) is 17.9 Å². The SMILES string of the molecule is Cn1ncnc1CN1CCNc2ccccc21. The van der Waals surface area contributed by atoms with E-state index in [1.807, 2.05) is 11.7 Å². The molecule has 0 amide bonds. The summed E-state index contributed by atoms with van der Waals surface area (Å²) in [4.78, 5) is 6.60. The largest absolute Gasteiger partial charge is 0.382 e. The maximum Gasteiger partial charge on any atom is 0.146 e. The molecule has 0 unspecified atom stereocenters. The quantitative estimate of drug-likeness (QED) is 0.841. The highest BCUT2D eigenvalue weighted by molar-refractivity contribution is 5.71. The Kier molecular flexibility index (Phi) is 2.44. The van der Waals surface area contributed by atoms with Gasteiger partial charge in [0.15, 0.2) is 0 Å². The van der Waals surface area contributed by atoms with Crippen LogP contribution in [0.2, 0.25) is 0 Å². The lowest BCUT2D eigenvalue weighted by Crippen LogP contribution is -2.34. The van der Waals surface area contributed by atoms with Gasteiger partial charge in [0.2, 0.25) is 0 Å². The first-order valence-electron chi connectivity index (χ1n) is 5.75. The van der Waals surface area contributed by atoms with E-state index in [9.17, 15) is 0 Å². The van der Waals surface area contributed by atoms with E-state index in [1.54, 1.807) is 6.33 Å². The topological polar surface area (TPSA) is 46.0 Å². The molecule has 0 bridgehead atoms. The molecular formula is C12H15N5. The van der Waals surface area contributed by atoms with Crippen LogP contribution in [0.4, 0.5) is 11.4 Å². The number of hydrogen-bond donors (Lipinski definition) is 1. The summed E-state index contributed by atoms with van der Waals surface area (Å²) in [5.41, 5.74) is 2.43. The number of fused-ring (bicyclic) bond motifs is 1. The van der Waals surface area contributed by atoms with Gasteiger partial charge in [-0.3, -0.25) is 4.68 Å². The van der Waals surface area contributed by atoms with E-state index in [0.29, 0.717) is 0 Å². The molecule has 88 valence electrons. The number of anilines is 2. The third kappa shape index (κ3) is 1.84. The van der Waals surface area contributed by atoms with Crippen molar-refractivity contribution in [3.8, 4) is 0 Å². The molecule has 0 spiro atoms. The normalized spacial score (nSPS) is 14.3. The monoisotopic (exact) mass is 229 g/mol. The van der Waals surface area contributed by atoms with E-state index in [-0.39, 0.29) is 0 Å². The average Bonchev–Trinajstić information content (AvgIpc) is 2.76. The van der Waals surface area contributed by atoms with Crippen molar-refractivity contribution in [1.82, 2.24) is 14.8 Å². The van der Waals surface area contributed by atoms with Crippen molar-refractivity contribution < 1.29 is 0 Å². The predicted octanol–water partition coefficient (Wildman–Crippen LogP) is 1.25. The molecule has 3 rings (SSSR count). The fourth-order valence-corrected chi connectivity index (χ4v) is 2.14. The van der Waals surface area contributed by atoms with Gasteiger partial charge in [0.1, 0.15) is 12.2 Å². The highest BCUT2D eigenvalue weighted by atomic mass is 15.3. The zero-order valence-corrected chi connectivity index (χ0v) is 9.80. The van der Waals surface area contributed by atoms with Crippen LogP contribution in [0.15, 0.2) is 30.6 Å². The molecule has 0 saturated carbocycles. The van der Waals surface area contributed by atoms with Crippen LogP contribution in [0.3, 0.4) is 0 Å². The lowest BCUT2D eigenvalue weighted by atomic mass is 10.2. The van der Waals surface area contributed by atoms with Gasteiger partial charge >= 0.3 is 0 Å². The zero-order valence-electron chi connectivity index (χ0n) is 9.80. The summed E-state index contributed by atoms with van der Waals surface area (Å²) in [6, 6.07) is 8.36. The first kappa shape index (κ1) is 10.1. The lowest BCUT2D eigenvalue weighted by Gasteiger charge is -2.31. The number of nitrogens with one attached hydrogen (secondary N) is 1. The van der Waals surface area contributed by atoms with Gasteiger partial charge < -0.3 is 10.2 Å². The van der Waals surface area contributed by atoms with Crippen LogP contribution < -0.4 is 10.2 Å². The van der Waals surface area contributed by atoms with Gasteiger partial charge in [0.25, 0.3) is 0 Å². The van der Waals surface area contributed by atoms with Crippen molar-refractivity contribution in [3.05, 3.63) is 36.4 Å². The molecular weight excluding hydrogens is 214 g/mol. The molecule has 2 heterocycles. The van der Waals surface area contributed by atoms with Crippen molar-refractivity contribution in [1.29, 1.82) is 0 Å². The molecule has 0 radical (unpaired) electrons. The summed E-state index contributed by atoms with van der Waals surface area (Å²) in [7, 11) is 1.93. The molecule has 0 fully saturated rings. The Balaban J connectivity index is 1.88. The second kappa shape index (κ2) is 4.08. The van der Waals surface area contributed by atoms with Crippen LogP contribution in [0.1, 0.15) is 5.82 Å². The second-order valence-corrected chi connectivity index (χ2v) is 4.17. The Morgan fingerprint density at radius 1 is 1.35 bits per heavy atom. The molecule has 2 aromatic rings. The highest BCUT2D eigenvalue weighted by Crippen LogP contribution is 2.29. The third-order valence-electron chi connectivity index (χ3n) is 3.08. The standard InChI is InChI=1S/C12H15N5/c1-16-12(14-9-15-16)8-17-7-6-13-10-4-2-3-5-11(10)17/h2-5,9,13H,6-8H2,1H3. The van der Waals surface area contributed by atoms with Gasteiger partial charge in [-0.1, -0.05) is 12.1 Å². The molecule has 1 aliphatic heterocycles. The van der Waals surface area contributed by atoms with Crippen LogP contribution in [0.25, 0.3) is 0 Å². The summed E-state index contributed by atoms with van der Waals surface area (Å²) < 4.78 is 1.82. The Morgan fingerprint density at radius 2 is 2.24 bits per heavy atom. The van der Waals surface area contributed by atoms with Crippen LogP contribution >= 0.6 is 0 Å². The highest BCUT2D eigenvalue weighted by Gasteiger charge is 2.17. The van der Waals surface area contributed by atoms with E-state index in [4.69, 9.17) is 0 Å². The zero-order chi connectivity index (χ0) is 11.7. The van der Waals surface area contributed by atoms with Crippen LogP contribution in [-0.2, 0) is 13.6 Å². The minimum atomic E-state index is 0.801. The van der Waals surface area contributed by atoms with Gasteiger partial charge in [0, 0.05) is 20.1 Å². The van der Waals surface area contributed by atoms with E-state index < -0.39 is 0 Å². The minimum absolute atomic E-state index is 0.801. The average molecular weight is 229 g/mol. The van der Waals surface area contributed by atoms with Crippen molar-refractivity contribution >= 4 is 11.4 Å². The number of nitrogens with zero attached hydrogens (tertiary/aromatic N) is 4. The molecule has 1 N–H and O–H groups in total. The molecule has 1 aliphatic rings. The van der Waals surface area contributed by atoms with Crippen molar-refractivity contribution in [3.63, 3.8) is 0 Å². The summed E-state index contributed by atoms with van der Waals surface area (Å²) in [6.07, 6.45) is 1.60. The number of hydrogen-bond acceptors (Lipinski definition) is 4. The number of para-hydroxylation sites is 2. The van der Waals surface area contributed by atoms with Crippen LogP contribution in [0, 0.1) is 0 Å². The van der Waals surface area contributed by atoms with Crippen molar-refractivity contribution in [2.75, 3.05) is 23.3 Å². The van der Waals surface area contributed by atoms with Crippen molar-refractivity contribution in [2.24, 2.45) is 7.05 Å². The first-order chi connectivity index (χ1) is 8.34. The lowest BCUT2D eigenvalue weighted by molar-refractivity contribution is 0.666. The fourth-order valence-electron chi connectivity index (χ4n) is 2.14. The number of aromatic nitrogens is 3. The Morgan fingerprint density at radius 3 is 3.06 bits per heavy atom. The first-order valence-corrected chi connectivity index (χ1v) is 5.75. The maximum atomic E-state index is 4.27. The summed E-state index contributed by atoms with van der Waals surface area (Å²) in [6.45, 7) is 2.76. The van der Waals surface area contributed by atoms with Crippen LogP contribution in [0.5, 0.6) is 0 Å².